The molecule has 2 aromatic rings. The summed E-state index contributed by atoms with van der Waals surface area (Å²) >= 11 is 8.34. The van der Waals surface area contributed by atoms with Gasteiger partial charge in [0.25, 0.3) is 0 Å². The number of halogens is 2. The molecule has 0 aliphatic heterocycles. The summed E-state index contributed by atoms with van der Waals surface area (Å²) in [5.74, 6) is 0. The molecule has 1 unspecified atom stereocenters. The van der Waals surface area contributed by atoms with Crippen LogP contribution in [0, 0.1) is 3.57 Å². The van der Waals surface area contributed by atoms with Crippen molar-refractivity contribution >= 4 is 34.2 Å². The number of aliphatic hydroxyl groups excluding tert-OH is 1. The zero-order valence-electron chi connectivity index (χ0n) is 11.1. The standard InChI is InChI=1S/C17H16ClIO/c18-15-10-14(7-8-16(15)19)17(20)13-6-5-11-3-1-2-4-12(11)9-13/h5-10,17,20H,1-4H2. The molecule has 0 spiro atoms. The van der Waals surface area contributed by atoms with Crippen LogP contribution in [-0.2, 0) is 12.8 Å². The summed E-state index contributed by atoms with van der Waals surface area (Å²) in [6.07, 6.45) is 4.23. The molecule has 1 atom stereocenters. The number of aliphatic hydroxyl groups is 1. The van der Waals surface area contributed by atoms with E-state index in [1.54, 1.807) is 0 Å². The number of aryl methyl sites for hydroxylation is 2. The van der Waals surface area contributed by atoms with Gasteiger partial charge in [0.2, 0.25) is 0 Å². The molecule has 3 rings (SSSR count). The Balaban J connectivity index is 1.93. The fourth-order valence-corrected chi connectivity index (χ4v) is 3.32. The minimum Gasteiger partial charge on any atom is -0.384 e. The van der Waals surface area contributed by atoms with E-state index < -0.39 is 6.10 Å². The van der Waals surface area contributed by atoms with Gasteiger partial charge in [-0.15, -0.1) is 0 Å². The Morgan fingerprint density at radius 2 is 1.60 bits per heavy atom. The Hall–Kier alpha value is -0.580. The van der Waals surface area contributed by atoms with Gasteiger partial charge in [0.1, 0.15) is 6.10 Å². The summed E-state index contributed by atoms with van der Waals surface area (Å²) in [6.45, 7) is 0. The highest BCUT2D eigenvalue weighted by Gasteiger charge is 2.15. The van der Waals surface area contributed by atoms with Gasteiger partial charge >= 0.3 is 0 Å². The van der Waals surface area contributed by atoms with E-state index in [-0.39, 0.29) is 0 Å². The van der Waals surface area contributed by atoms with Crippen LogP contribution in [0.4, 0.5) is 0 Å². The fourth-order valence-electron chi connectivity index (χ4n) is 2.80. The number of benzene rings is 2. The van der Waals surface area contributed by atoms with Crippen molar-refractivity contribution in [3.8, 4) is 0 Å². The Kier molecular flexibility index (Phi) is 4.34. The first kappa shape index (κ1) is 14.4. The molecular weight excluding hydrogens is 383 g/mol. The Labute approximate surface area is 138 Å². The monoisotopic (exact) mass is 398 g/mol. The van der Waals surface area contributed by atoms with Crippen LogP contribution in [0.1, 0.15) is 41.2 Å². The van der Waals surface area contributed by atoms with Crippen molar-refractivity contribution in [3.05, 3.63) is 67.2 Å². The van der Waals surface area contributed by atoms with Crippen LogP contribution >= 0.6 is 34.2 Å². The topological polar surface area (TPSA) is 20.2 Å². The molecule has 0 bridgehead atoms. The highest BCUT2D eigenvalue weighted by Crippen LogP contribution is 2.30. The molecule has 0 aromatic heterocycles. The lowest BCUT2D eigenvalue weighted by molar-refractivity contribution is 0.220. The zero-order chi connectivity index (χ0) is 14.1. The minimum atomic E-state index is -0.600. The van der Waals surface area contributed by atoms with Crippen LogP contribution in [0.3, 0.4) is 0 Å². The highest BCUT2D eigenvalue weighted by molar-refractivity contribution is 14.1. The molecule has 2 aromatic carbocycles. The van der Waals surface area contributed by atoms with E-state index in [1.807, 2.05) is 24.3 Å². The zero-order valence-corrected chi connectivity index (χ0v) is 14.0. The van der Waals surface area contributed by atoms with Crippen molar-refractivity contribution in [1.29, 1.82) is 0 Å². The predicted octanol–water partition coefficient (Wildman–Crippen LogP) is 4.91. The third kappa shape index (κ3) is 2.87. The van der Waals surface area contributed by atoms with E-state index >= 15 is 0 Å². The maximum atomic E-state index is 10.5. The van der Waals surface area contributed by atoms with Crippen molar-refractivity contribution in [1.82, 2.24) is 0 Å². The lowest BCUT2D eigenvalue weighted by Crippen LogP contribution is -2.06. The van der Waals surface area contributed by atoms with Crippen LogP contribution in [0.5, 0.6) is 0 Å². The van der Waals surface area contributed by atoms with Gasteiger partial charge in [-0.3, -0.25) is 0 Å². The van der Waals surface area contributed by atoms with Crippen LogP contribution < -0.4 is 0 Å². The molecule has 0 amide bonds. The third-order valence-corrected chi connectivity index (χ3v) is 5.52. The van der Waals surface area contributed by atoms with Crippen molar-refractivity contribution < 1.29 is 5.11 Å². The van der Waals surface area contributed by atoms with E-state index in [0.717, 1.165) is 21.1 Å². The van der Waals surface area contributed by atoms with E-state index in [0.29, 0.717) is 5.02 Å². The number of fused-ring (bicyclic) bond motifs is 1. The van der Waals surface area contributed by atoms with Gasteiger partial charge in [-0.2, -0.15) is 0 Å². The summed E-state index contributed by atoms with van der Waals surface area (Å²) < 4.78 is 1.01. The van der Waals surface area contributed by atoms with Gasteiger partial charge in [-0.05, 0) is 82.7 Å². The second-order valence-corrected chi connectivity index (χ2v) is 6.88. The van der Waals surface area contributed by atoms with Crippen molar-refractivity contribution in [2.75, 3.05) is 0 Å². The van der Waals surface area contributed by atoms with Gasteiger partial charge in [0, 0.05) is 3.57 Å². The van der Waals surface area contributed by atoms with Gasteiger partial charge in [-0.1, -0.05) is 35.9 Å². The summed E-state index contributed by atoms with van der Waals surface area (Å²) in [6, 6.07) is 12.1. The van der Waals surface area contributed by atoms with Gasteiger partial charge in [0.15, 0.2) is 0 Å². The highest BCUT2D eigenvalue weighted by atomic mass is 127. The smallest absolute Gasteiger partial charge is 0.104 e. The lowest BCUT2D eigenvalue weighted by atomic mass is 9.88. The van der Waals surface area contributed by atoms with Gasteiger partial charge in [0.05, 0.1) is 5.02 Å². The van der Waals surface area contributed by atoms with Crippen LogP contribution in [-0.4, -0.2) is 5.11 Å². The summed E-state index contributed by atoms with van der Waals surface area (Å²) in [4.78, 5) is 0. The molecular formula is C17H16ClIO. The Bertz CT molecular complexity index is 639. The van der Waals surface area contributed by atoms with Gasteiger partial charge < -0.3 is 5.11 Å². The molecule has 3 heteroatoms. The lowest BCUT2D eigenvalue weighted by Gasteiger charge is -2.19. The van der Waals surface area contributed by atoms with E-state index in [9.17, 15) is 5.11 Å². The Morgan fingerprint density at radius 3 is 2.35 bits per heavy atom. The van der Waals surface area contributed by atoms with E-state index in [4.69, 9.17) is 11.6 Å². The number of hydrogen-bond donors (Lipinski definition) is 1. The molecule has 1 aliphatic carbocycles. The third-order valence-electron chi connectivity index (χ3n) is 3.95. The molecule has 0 saturated heterocycles. The molecule has 0 fully saturated rings. The van der Waals surface area contributed by atoms with Crippen LogP contribution in [0.25, 0.3) is 0 Å². The molecule has 1 aliphatic rings. The first-order chi connectivity index (χ1) is 9.65. The number of hydrogen-bond acceptors (Lipinski definition) is 1. The van der Waals surface area contributed by atoms with Crippen LogP contribution in [0.15, 0.2) is 36.4 Å². The second kappa shape index (κ2) is 6.04. The largest absolute Gasteiger partial charge is 0.384 e. The van der Waals surface area contributed by atoms with Crippen LogP contribution in [0.2, 0.25) is 5.02 Å². The van der Waals surface area contributed by atoms with E-state index in [1.165, 1.54) is 30.4 Å². The number of rotatable bonds is 2. The van der Waals surface area contributed by atoms with Crippen molar-refractivity contribution in [2.24, 2.45) is 0 Å². The molecule has 0 heterocycles. The molecule has 0 saturated carbocycles. The fraction of sp³-hybridized carbons (Fsp3) is 0.294. The maximum Gasteiger partial charge on any atom is 0.104 e. The Morgan fingerprint density at radius 1 is 0.950 bits per heavy atom. The van der Waals surface area contributed by atoms with Crippen molar-refractivity contribution in [2.45, 2.75) is 31.8 Å². The first-order valence-corrected chi connectivity index (χ1v) is 8.35. The SMILES string of the molecule is OC(c1ccc(I)c(Cl)c1)c1ccc2c(c1)CCCC2. The normalized spacial score (nSPS) is 15.8. The predicted molar refractivity (Wildman–Crippen MR) is 91.3 cm³/mol. The molecule has 1 nitrogen and oxygen atoms in total. The van der Waals surface area contributed by atoms with E-state index in [2.05, 4.69) is 34.7 Å². The second-order valence-electron chi connectivity index (χ2n) is 5.31. The molecule has 20 heavy (non-hydrogen) atoms. The average molecular weight is 399 g/mol. The summed E-state index contributed by atoms with van der Waals surface area (Å²) in [5, 5.41) is 11.2. The van der Waals surface area contributed by atoms with Gasteiger partial charge in [-0.25, -0.2) is 0 Å². The first-order valence-electron chi connectivity index (χ1n) is 6.90. The summed E-state index contributed by atoms with van der Waals surface area (Å²) in [7, 11) is 0. The minimum absolute atomic E-state index is 0.600. The molecule has 104 valence electrons. The quantitative estimate of drug-likeness (QED) is 0.713. The summed E-state index contributed by atoms with van der Waals surface area (Å²) in [5.41, 5.74) is 4.64. The van der Waals surface area contributed by atoms with Crippen molar-refractivity contribution in [3.63, 3.8) is 0 Å². The maximum absolute atomic E-state index is 10.5. The average Bonchev–Trinajstić information content (AvgIpc) is 2.49. The molecule has 1 N–H and O–H groups in total. The molecule has 0 radical (unpaired) electrons.